The van der Waals surface area contributed by atoms with Crippen LogP contribution in [0.3, 0.4) is 0 Å². The molecule has 7 nitrogen and oxygen atoms in total. The van der Waals surface area contributed by atoms with E-state index in [-0.39, 0.29) is 22.1 Å². The minimum absolute atomic E-state index is 0.00909. The lowest BCUT2D eigenvalue weighted by Crippen LogP contribution is -2.35. The molecule has 0 saturated carbocycles. The number of anilines is 1. The first-order chi connectivity index (χ1) is 12.1. The zero-order valence-corrected chi connectivity index (χ0v) is 15.8. The fourth-order valence-corrected chi connectivity index (χ4v) is 4.43. The number of hydrogen-bond acceptors (Lipinski definition) is 5. The van der Waals surface area contributed by atoms with Gasteiger partial charge in [-0.3, -0.25) is 4.72 Å². The molecule has 0 heterocycles. The normalized spacial score (nSPS) is 13.3. The van der Waals surface area contributed by atoms with Crippen LogP contribution >= 0.6 is 0 Å². The summed E-state index contributed by atoms with van der Waals surface area (Å²) in [5.41, 5.74) is 0.179. The van der Waals surface area contributed by atoms with Crippen LogP contribution in [-0.2, 0) is 24.8 Å². The van der Waals surface area contributed by atoms with Crippen LogP contribution in [0.1, 0.15) is 6.92 Å². The maximum atomic E-state index is 12.9. The van der Waals surface area contributed by atoms with Crippen LogP contribution in [0.5, 0.6) is 0 Å². The number of hydrogen-bond donors (Lipinski definition) is 2. The molecule has 2 aromatic rings. The maximum absolute atomic E-state index is 12.9. The van der Waals surface area contributed by atoms with Crippen molar-refractivity contribution < 1.29 is 26.0 Å². The van der Waals surface area contributed by atoms with E-state index in [1.165, 1.54) is 31.4 Å². The van der Waals surface area contributed by atoms with Crippen molar-refractivity contribution in [3.05, 3.63) is 54.3 Å². The van der Waals surface area contributed by atoms with E-state index in [0.29, 0.717) is 0 Å². The molecule has 2 rings (SSSR count). The van der Waals surface area contributed by atoms with E-state index in [1.807, 2.05) is 0 Å². The Kier molecular flexibility index (Phi) is 6.34. The summed E-state index contributed by atoms with van der Waals surface area (Å²) in [6, 6.07) is 9.16. The summed E-state index contributed by atoms with van der Waals surface area (Å²) < 4.78 is 71.5. The van der Waals surface area contributed by atoms with Gasteiger partial charge >= 0.3 is 0 Å². The molecule has 0 aromatic heterocycles. The van der Waals surface area contributed by atoms with Gasteiger partial charge in [-0.05, 0) is 55.5 Å². The van der Waals surface area contributed by atoms with Gasteiger partial charge in [0.05, 0.1) is 16.4 Å². The van der Waals surface area contributed by atoms with Crippen LogP contribution in [0.2, 0.25) is 0 Å². The number of nitrogens with one attached hydrogen (secondary N) is 2. The van der Waals surface area contributed by atoms with Crippen molar-refractivity contribution in [2.75, 3.05) is 18.4 Å². The average Bonchev–Trinajstić information content (AvgIpc) is 2.55. The van der Waals surface area contributed by atoms with Gasteiger partial charge in [0.25, 0.3) is 10.0 Å². The first-order valence-corrected chi connectivity index (χ1v) is 10.5. The summed E-state index contributed by atoms with van der Waals surface area (Å²) in [5, 5.41) is 0. The molecule has 0 aliphatic heterocycles. The van der Waals surface area contributed by atoms with Gasteiger partial charge in [0.1, 0.15) is 5.82 Å². The van der Waals surface area contributed by atoms with Crippen molar-refractivity contribution in [1.82, 2.24) is 4.72 Å². The maximum Gasteiger partial charge on any atom is 0.261 e. The van der Waals surface area contributed by atoms with Crippen LogP contribution < -0.4 is 9.44 Å². The highest BCUT2D eigenvalue weighted by Crippen LogP contribution is 2.19. The summed E-state index contributed by atoms with van der Waals surface area (Å²) in [4.78, 5) is -0.115. The molecule has 26 heavy (non-hydrogen) atoms. The van der Waals surface area contributed by atoms with E-state index in [0.717, 1.165) is 24.3 Å². The number of benzene rings is 2. The molecule has 0 spiro atoms. The quantitative estimate of drug-likeness (QED) is 0.703. The predicted molar refractivity (Wildman–Crippen MR) is 95.3 cm³/mol. The van der Waals surface area contributed by atoms with E-state index in [1.54, 1.807) is 6.92 Å². The van der Waals surface area contributed by atoms with Crippen molar-refractivity contribution >= 4 is 25.7 Å². The number of methoxy groups -OCH3 is 1. The van der Waals surface area contributed by atoms with Crippen molar-refractivity contribution in [1.29, 1.82) is 0 Å². The third-order valence-electron chi connectivity index (χ3n) is 3.31. The van der Waals surface area contributed by atoms with Gasteiger partial charge in [0, 0.05) is 18.8 Å². The summed E-state index contributed by atoms with van der Waals surface area (Å²) in [7, 11) is -6.19. The lowest BCUT2D eigenvalue weighted by Gasteiger charge is -2.14. The first-order valence-electron chi connectivity index (χ1n) is 7.54. The predicted octanol–water partition coefficient (Wildman–Crippen LogP) is 1.94. The minimum atomic E-state index is -3.90. The highest BCUT2D eigenvalue weighted by molar-refractivity contribution is 7.92. The second-order valence-corrected chi connectivity index (χ2v) is 8.96. The molecule has 0 aliphatic rings. The fourth-order valence-electron chi connectivity index (χ4n) is 2.15. The van der Waals surface area contributed by atoms with Crippen molar-refractivity contribution in [2.45, 2.75) is 22.8 Å². The second-order valence-electron chi connectivity index (χ2n) is 5.56. The Hall–Kier alpha value is -2.01. The standard InChI is InChI=1S/C16H19FN2O5S2/c1-12(11-24-2)18-25(20,21)16-9-5-14(6-10-16)19-26(22,23)15-7-3-13(17)4-8-15/h3-10,12,18-19H,11H2,1-2H3/t12-/m0/s1. The van der Waals surface area contributed by atoms with Gasteiger partial charge in [0.2, 0.25) is 10.0 Å². The third kappa shape index (κ3) is 5.24. The number of halogens is 1. The Bertz CT molecular complexity index is 943. The molecular formula is C16H19FN2O5S2. The van der Waals surface area contributed by atoms with Crippen LogP contribution in [-0.4, -0.2) is 36.6 Å². The van der Waals surface area contributed by atoms with E-state index >= 15 is 0 Å². The Balaban J connectivity index is 2.15. The van der Waals surface area contributed by atoms with Crippen LogP contribution in [0, 0.1) is 5.82 Å². The molecule has 142 valence electrons. The molecule has 0 radical (unpaired) electrons. The molecule has 0 saturated heterocycles. The van der Waals surface area contributed by atoms with Gasteiger partial charge in [-0.25, -0.2) is 25.9 Å². The van der Waals surface area contributed by atoms with E-state index in [4.69, 9.17) is 4.74 Å². The SMILES string of the molecule is COC[C@H](C)NS(=O)(=O)c1ccc(NS(=O)(=O)c2ccc(F)cc2)cc1. The molecule has 1 atom stereocenters. The number of sulfonamides is 2. The minimum Gasteiger partial charge on any atom is -0.383 e. The number of rotatable bonds is 8. The monoisotopic (exact) mass is 402 g/mol. The largest absolute Gasteiger partial charge is 0.383 e. The van der Waals surface area contributed by atoms with Gasteiger partial charge < -0.3 is 4.74 Å². The van der Waals surface area contributed by atoms with Gasteiger partial charge in [0.15, 0.2) is 0 Å². The molecule has 10 heteroatoms. The zero-order valence-electron chi connectivity index (χ0n) is 14.1. The molecule has 0 aliphatic carbocycles. The molecular weight excluding hydrogens is 383 g/mol. The summed E-state index contributed by atoms with van der Waals surface area (Å²) in [5.74, 6) is -0.547. The summed E-state index contributed by atoms with van der Waals surface area (Å²) in [6.07, 6.45) is 0. The lowest BCUT2D eigenvalue weighted by atomic mass is 10.3. The Morgan fingerprint density at radius 3 is 1.96 bits per heavy atom. The molecule has 2 aromatic carbocycles. The van der Waals surface area contributed by atoms with Crippen LogP contribution in [0.15, 0.2) is 58.3 Å². The van der Waals surface area contributed by atoms with E-state index in [2.05, 4.69) is 9.44 Å². The molecule has 0 fully saturated rings. The van der Waals surface area contributed by atoms with Crippen molar-refractivity contribution in [3.8, 4) is 0 Å². The Morgan fingerprint density at radius 2 is 1.42 bits per heavy atom. The van der Waals surface area contributed by atoms with Gasteiger partial charge in [-0.1, -0.05) is 0 Å². The second kappa shape index (κ2) is 8.12. The first kappa shape index (κ1) is 20.3. The zero-order chi connectivity index (χ0) is 19.4. The van der Waals surface area contributed by atoms with Crippen LogP contribution in [0.4, 0.5) is 10.1 Å². The van der Waals surface area contributed by atoms with E-state index in [9.17, 15) is 21.2 Å². The van der Waals surface area contributed by atoms with Gasteiger partial charge in [-0.15, -0.1) is 0 Å². The summed E-state index contributed by atoms with van der Waals surface area (Å²) >= 11 is 0. The average molecular weight is 402 g/mol. The van der Waals surface area contributed by atoms with Crippen molar-refractivity contribution in [3.63, 3.8) is 0 Å². The lowest BCUT2D eigenvalue weighted by molar-refractivity contribution is 0.180. The Labute approximate surface area is 152 Å². The van der Waals surface area contributed by atoms with Crippen molar-refractivity contribution in [2.24, 2.45) is 0 Å². The van der Waals surface area contributed by atoms with Gasteiger partial charge in [-0.2, -0.15) is 0 Å². The smallest absolute Gasteiger partial charge is 0.261 e. The topological polar surface area (TPSA) is 102 Å². The molecule has 0 amide bonds. The number of ether oxygens (including phenoxy) is 1. The van der Waals surface area contributed by atoms with E-state index < -0.39 is 31.9 Å². The molecule has 2 N–H and O–H groups in total. The Morgan fingerprint density at radius 1 is 0.923 bits per heavy atom. The molecule has 0 bridgehead atoms. The fraction of sp³-hybridized carbons (Fsp3) is 0.250. The highest BCUT2D eigenvalue weighted by Gasteiger charge is 2.18. The molecule has 0 unspecified atom stereocenters. The summed E-state index contributed by atoms with van der Waals surface area (Å²) in [6.45, 7) is 1.88. The van der Waals surface area contributed by atoms with Crippen LogP contribution in [0.25, 0.3) is 0 Å². The third-order valence-corrected chi connectivity index (χ3v) is 6.32. The highest BCUT2D eigenvalue weighted by atomic mass is 32.2.